The van der Waals surface area contributed by atoms with Crippen molar-refractivity contribution in [3.8, 4) is 22.6 Å². The largest absolute Gasteiger partial charge is 0.491 e. The SMILES string of the molecule is CCCOc1cc(-c2ccc(N=Nc3cc(S(=O)(=O)O)c4ccccc4c3N)c(OCCC)c2)ccc1N=Nc1cc(S(=O)(=O)O)c2ccccc2c1N.[Na].[Na]. The molecule has 0 bridgehead atoms. The van der Waals surface area contributed by atoms with Crippen molar-refractivity contribution < 1.29 is 35.4 Å². The number of ether oxygens (including phenoxy) is 2. The molecular weight excluding hydrogens is 779 g/mol. The Morgan fingerprint density at radius 2 is 0.857 bits per heavy atom. The summed E-state index contributed by atoms with van der Waals surface area (Å²) in [7, 11) is -9.19. The summed E-state index contributed by atoms with van der Waals surface area (Å²) in [6.07, 6.45) is 1.41. The first-order chi connectivity index (χ1) is 25.8. The zero-order chi connectivity index (χ0) is 38.6. The van der Waals surface area contributed by atoms with Gasteiger partial charge in [0, 0.05) is 80.7 Å². The van der Waals surface area contributed by atoms with Crippen LogP contribution in [0.25, 0.3) is 32.7 Å². The molecule has 0 aliphatic carbocycles. The molecule has 0 spiro atoms. The van der Waals surface area contributed by atoms with Crippen LogP contribution in [0.5, 0.6) is 11.5 Å². The molecule has 0 atom stereocenters. The van der Waals surface area contributed by atoms with Crippen LogP contribution in [0.3, 0.4) is 0 Å². The maximum absolute atomic E-state index is 12.2. The molecule has 0 aliphatic heterocycles. The number of azo groups is 2. The molecule has 0 saturated carbocycles. The summed E-state index contributed by atoms with van der Waals surface area (Å²) in [6.45, 7) is 4.66. The molecule has 0 unspecified atom stereocenters. The Bertz CT molecular complexity index is 2510. The van der Waals surface area contributed by atoms with Crippen LogP contribution in [-0.4, -0.2) is 98.3 Å². The van der Waals surface area contributed by atoms with Crippen molar-refractivity contribution in [3.05, 3.63) is 97.1 Å². The van der Waals surface area contributed by atoms with Gasteiger partial charge in [0.25, 0.3) is 20.2 Å². The predicted octanol–water partition coefficient (Wildman–Crippen LogP) is 8.96. The zero-order valence-corrected chi connectivity index (χ0v) is 36.8. The van der Waals surface area contributed by atoms with E-state index in [1.54, 1.807) is 84.9 Å². The van der Waals surface area contributed by atoms with Gasteiger partial charge in [-0.15, -0.1) is 20.5 Å². The normalized spacial score (nSPS) is 11.9. The van der Waals surface area contributed by atoms with Gasteiger partial charge in [-0.05, 0) is 60.4 Å². The van der Waals surface area contributed by atoms with E-state index in [1.165, 1.54) is 12.1 Å². The minimum atomic E-state index is -4.60. The smallest absolute Gasteiger partial charge is 0.295 e. The van der Waals surface area contributed by atoms with Gasteiger partial charge in [-0.3, -0.25) is 9.11 Å². The maximum atomic E-state index is 12.2. The van der Waals surface area contributed by atoms with Crippen LogP contribution in [0, 0.1) is 0 Å². The van der Waals surface area contributed by atoms with Gasteiger partial charge in [0.1, 0.15) is 44.0 Å². The minimum Gasteiger partial charge on any atom is -0.491 e. The number of benzene rings is 6. The topological polar surface area (TPSA) is 229 Å². The molecule has 0 fully saturated rings. The first-order valence-electron chi connectivity index (χ1n) is 16.7. The van der Waals surface area contributed by atoms with Crippen LogP contribution < -0.4 is 20.9 Å². The minimum absolute atomic E-state index is 0. The van der Waals surface area contributed by atoms with Crippen molar-refractivity contribution in [2.45, 2.75) is 36.5 Å². The molecule has 56 heavy (non-hydrogen) atoms. The summed E-state index contributed by atoms with van der Waals surface area (Å²) in [5.74, 6) is 0.794. The van der Waals surface area contributed by atoms with Crippen LogP contribution in [0.15, 0.2) is 127 Å². The third-order valence-electron chi connectivity index (χ3n) is 8.32. The van der Waals surface area contributed by atoms with E-state index in [4.69, 9.17) is 20.9 Å². The Kier molecular flexibility index (Phi) is 15.2. The van der Waals surface area contributed by atoms with Crippen LogP contribution in [0.1, 0.15) is 26.7 Å². The van der Waals surface area contributed by atoms with Gasteiger partial charge in [0.05, 0.1) is 24.6 Å². The second kappa shape index (κ2) is 19.0. The molecule has 0 heterocycles. The summed E-state index contributed by atoms with van der Waals surface area (Å²) in [6, 6.07) is 25.9. The number of nitrogens with zero attached hydrogens (tertiary/aromatic N) is 4. The molecule has 6 aromatic carbocycles. The number of nitrogens with two attached hydrogens (primary N) is 2. The molecule has 0 aliphatic rings. The fraction of sp³-hybridized carbons (Fsp3) is 0.158. The molecule has 6 aromatic rings. The summed E-state index contributed by atoms with van der Waals surface area (Å²) in [5, 5.41) is 18.5. The van der Waals surface area contributed by atoms with Crippen LogP contribution in [0.2, 0.25) is 0 Å². The molecule has 18 heteroatoms. The van der Waals surface area contributed by atoms with E-state index in [-0.39, 0.29) is 102 Å². The first-order valence-corrected chi connectivity index (χ1v) is 19.6. The van der Waals surface area contributed by atoms with Gasteiger partial charge in [-0.2, -0.15) is 16.8 Å². The molecule has 280 valence electrons. The quantitative estimate of drug-likeness (QED) is 0.0374. The Morgan fingerprint density at radius 1 is 0.518 bits per heavy atom. The van der Waals surface area contributed by atoms with Gasteiger partial charge in [0.2, 0.25) is 0 Å². The number of hydrogen-bond donors (Lipinski definition) is 4. The Balaban J connectivity index is 0.00000348. The number of fused-ring (bicyclic) bond motifs is 2. The molecule has 6 N–H and O–H groups in total. The van der Waals surface area contributed by atoms with Gasteiger partial charge in [-0.1, -0.05) is 74.5 Å². The van der Waals surface area contributed by atoms with Crippen molar-refractivity contribution in [1.82, 2.24) is 0 Å². The van der Waals surface area contributed by atoms with Crippen LogP contribution >= 0.6 is 0 Å². The van der Waals surface area contributed by atoms with Gasteiger partial charge < -0.3 is 20.9 Å². The van der Waals surface area contributed by atoms with Crippen LogP contribution in [-0.2, 0) is 20.2 Å². The van der Waals surface area contributed by atoms with Crippen molar-refractivity contribution in [3.63, 3.8) is 0 Å². The van der Waals surface area contributed by atoms with E-state index in [9.17, 15) is 25.9 Å². The fourth-order valence-corrected chi connectivity index (χ4v) is 7.15. The van der Waals surface area contributed by atoms with Crippen molar-refractivity contribution >= 4 is 135 Å². The van der Waals surface area contributed by atoms with E-state index >= 15 is 0 Å². The molecule has 2 radical (unpaired) electrons. The van der Waals surface area contributed by atoms with Crippen molar-refractivity contribution in [1.29, 1.82) is 0 Å². The number of rotatable bonds is 13. The molecule has 6 rings (SSSR count). The fourth-order valence-electron chi connectivity index (χ4n) is 5.72. The molecule has 0 aromatic heterocycles. The van der Waals surface area contributed by atoms with Gasteiger partial charge >= 0.3 is 0 Å². The van der Waals surface area contributed by atoms with E-state index in [0.717, 1.165) is 11.1 Å². The molecular formula is C38H36N6Na2O8S2. The predicted molar refractivity (Wildman–Crippen MR) is 220 cm³/mol. The zero-order valence-electron chi connectivity index (χ0n) is 31.2. The maximum Gasteiger partial charge on any atom is 0.295 e. The Hall–Kier alpha value is -3.94. The van der Waals surface area contributed by atoms with Gasteiger partial charge in [0.15, 0.2) is 0 Å². The van der Waals surface area contributed by atoms with E-state index < -0.39 is 20.2 Å². The van der Waals surface area contributed by atoms with Gasteiger partial charge in [-0.25, -0.2) is 0 Å². The van der Waals surface area contributed by atoms with E-state index in [2.05, 4.69) is 20.5 Å². The van der Waals surface area contributed by atoms with E-state index in [1.807, 2.05) is 13.8 Å². The number of nitrogen functional groups attached to an aromatic ring is 2. The van der Waals surface area contributed by atoms with Crippen molar-refractivity contribution in [2.24, 2.45) is 20.5 Å². The third kappa shape index (κ3) is 9.95. The standard InChI is InChI=1S/C38H36N6O8S2.2Na/c1-3-17-51-33-19-23(13-15-29(33)41-43-31-21-35(53(45,46)47)25-9-5-7-11-27(25)37(31)39)24-14-16-30(34(20-24)52-18-4-2)42-44-32-22-36(54(48,49)50)26-10-6-8-12-28(26)38(32)40;;/h5-16,19-22H,3-4,17-18,39-40H2,1-2H3,(H,45,46,47)(H,48,49,50);;. The number of hydrogen-bond acceptors (Lipinski definition) is 12. The van der Waals surface area contributed by atoms with Crippen molar-refractivity contribution in [2.75, 3.05) is 24.7 Å². The monoisotopic (exact) mass is 814 g/mol. The van der Waals surface area contributed by atoms with Crippen LogP contribution in [0.4, 0.5) is 34.1 Å². The third-order valence-corrected chi connectivity index (χ3v) is 10.1. The molecule has 0 saturated heterocycles. The Labute approximate surface area is 368 Å². The average molecular weight is 815 g/mol. The van der Waals surface area contributed by atoms with E-state index in [0.29, 0.717) is 59.7 Å². The average Bonchev–Trinajstić information content (AvgIpc) is 3.15. The second-order valence-electron chi connectivity index (χ2n) is 12.1. The first kappa shape index (κ1) is 44.8. The number of anilines is 2. The second-order valence-corrected chi connectivity index (χ2v) is 14.9. The Morgan fingerprint density at radius 3 is 1.20 bits per heavy atom. The molecule has 0 amide bonds. The summed E-state index contributed by atoms with van der Waals surface area (Å²) >= 11 is 0. The molecule has 14 nitrogen and oxygen atoms in total. The summed E-state index contributed by atoms with van der Waals surface area (Å²) < 4.78 is 80.7. The summed E-state index contributed by atoms with van der Waals surface area (Å²) in [5.41, 5.74) is 15.3. The summed E-state index contributed by atoms with van der Waals surface area (Å²) in [4.78, 5) is -0.682.